The van der Waals surface area contributed by atoms with E-state index in [1.807, 2.05) is 12.2 Å². The molecule has 0 aromatic heterocycles. The Morgan fingerprint density at radius 2 is 1.08 bits per heavy atom. The second-order valence-electron chi connectivity index (χ2n) is 12.9. The first-order valence-corrected chi connectivity index (χ1v) is 14.2. The molecule has 1 atom stereocenters. The first-order chi connectivity index (χ1) is 18.5. The largest absolute Gasteiger partial charge is 0.431 e. The number of carbonyl (C=O) groups excluding carboxylic acids is 1. The predicted octanol–water partition coefficient (Wildman–Crippen LogP) is 8.19. The van der Waals surface area contributed by atoms with E-state index in [-0.39, 0.29) is 22.2 Å². The van der Waals surface area contributed by atoms with E-state index in [0.717, 1.165) is 50.7 Å². The van der Waals surface area contributed by atoms with Gasteiger partial charge in [-0.1, -0.05) is 110 Å². The van der Waals surface area contributed by atoms with Gasteiger partial charge in [0.2, 0.25) is 0 Å². The Kier molecular flexibility index (Phi) is 5.34. The molecule has 0 saturated heterocycles. The molecule has 0 amide bonds. The molecule has 2 heteroatoms. The van der Waals surface area contributed by atoms with Gasteiger partial charge < -0.3 is 4.74 Å². The SMILES string of the molecule is C[C@H]1C=CC=C(OC(=O)C23CC4(c5ccccc5)CC(c5ccccc5)(C2)CC(c2ccccc2)(C3)C4)C1. The lowest BCUT2D eigenvalue weighted by molar-refractivity contribution is -0.176. The molecule has 5 aliphatic rings. The normalized spacial score (nSPS) is 35.1. The van der Waals surface area contributed by atoms with Crippen LogP contribution in [-0.4, -0.2) is 5.97 Å². The van der Waals surface area contributed by atoms with Crippen molar-refractivity contribution in [2.75, 3.05) is 0 Å². The van der Waals surface area contributed by atoms with Crippen molar-refractivity contribution in [3.8, 4) is 0 Å². The standard InChI is InChI=1S/C36H36O2/c1-27-12-11-19-31(20-27)38-32(37)36-24-33(28-13-5-2-6-14-28)21-34(25-36,29-15-7-3-8-16-29)23-35(22-33,26-36)30-17-9-4-10-18-30/h2-19,27H,20-26H2,1H3/t27-,33?,34?,35?,36?/m0/s1. The molecule has 0 radical (unpaired) electrons. The highest BCUT2D eigenvalue weighted by atomic mass is 16.5. The van der Waals surface area contributed by atoms with E-state index in [4.69, 9.17) is 4.74 Å². The summed E-state index contributed by atoms with van der Waals surface area (Å²) in [5.74, 6) is 1.20. The van der Waals surface area contributed by atoms with Gasteiger partial charge in [0.05, 0.1) is 5.41 Å². The molecule has 0 unspecified atom stereocenters. The van der Waals surface area contributed by atoms with Crippen LogP contribution in [-0.2, 0) is 25.8 Å². The molecule has 38 heavy (non-hydrogen) atoms. The summed E-state index contributed by atoms with van der Waals surface area (Å²) in [6, 6.07) is 33.2. The zero-order chi connectivity index (χ0) is 25.8. The number of hydrogen-bond donors (Lipinski definition) is 0. The molecule has 0 heterocycles. The zero-order valence-corrected chi connectivity index (χ0v) is 22.2. The minimum absolute atomic E-state index is 0.00808. The van der Waals surface area contributed by atoms with Gasteiger partial charge in [-0.05, 0) is 83.5 Å². The fourth-order valence-corrected chi connectivity index (χ4v) is 9.26. The van der Waals surface area contributed by atoms with Crippen molar-refractivity contribution in [2.45, 2.75) is 68.1 Å². The van der Waals surface area contributed by atoms with Crippen LogP contribution >= 0.6 is 0 Å². The molecule has 3 aromatic carbocycles. The van der Waals surface area contributed by atoms with Crippen LogP contribution in [0.1, 0.15) is 68.6 Å². The molecule has 0 N–H and O–H groups in total. The second-order valence-corrected chi connectivity index (χ2v) is 12.9. The van der Waals surface area contributed by atoms with Gasteiger partial charge in [-0.3, -0.25) is 4.79 Å². The number of rotatable bonds is 5. The van der Waals surface area contributed by atoms with E-state index in [1.165, 1.54) is 16.7 Å². The number of ether oxygens (including phenoxy) is 1. The lowest BCUT2D eigenvalue weighted by Gasteiger charge is -2.70. The Morgan fingerprint density at radius 1 is 0.658 bits per heavy atom. The first kappa shape index (κ1) is 23.7. The molecular formula is C36H36O2. The van der Waals surface area contributed by atoms with E-state index in [1.54, 1.807) is 0 Å². The van der Waals surface area contributed by atoms with Gasteiger partial charge in [-0.15, -0.1) is 0 Å². The van der Waals surface area contributed by atoms with Gasteiger partial charge in [-0.2, -0.15) is 0 Å². The molecule has 4 bridgehead atoms. The third-order valence-corrected chi connectivity index (χ3v) is 10.1. The summed E-state index contributed by atoms with van der Waals surface area (Å²) in [4.78, 5) is 14.5. The number of carbonyl (C=O) groups is 1. The molecule has 192 valence electrons. The highest BCUT2D eigenvalue weighted by Crippen LogP contribution is 2.74. The fraction of sp³-hybridized carbons (Fsp3) is 0.361. The molecule has 5 aliphatic carbocycles. The third kappa shape index (κ3) is 3.64. The van der Waals surface area contributed by atoms with Gasteiger partial charge in [0.25, 0.3) is 0 Å². The summed E-state index contributed by atoms with van der Waals surface area (Å²) in [6.45, 7) is 2.18. The van der Waals surface area contributed by atoms with Crippen LogP contribution in [0, 0.1) is 11.3 Å². The van der Waals surface area contributed by atoms with Crippen LogP contribution in [0.15, 0.2) is 115 Å². The molecule has 0 aliphatic heterocycles. The topological polar surface area (TPSA) is 26.3 Å². The van der Waals surface area contributed by atoms with Crippen molar-refractivity contribution in [3.05, 3.63) is 132 Å². The smallest absolute Gasteiger partial charge is 0.317 e. The maximum absolute atomic E-state index is 14.5. The summed E-state index contributed by atoms with van der Waals surface area (Å²) >= 11 is 0. The third-order valence-electron chi connectivity index (χ3n) is 10.1. The van der Waals surface area contributed by atoms with E-state index >= 15 is 0 Å². The Balaban J connectivity index is 1.42. The van der Waals surface area contributed by atoms with Crippen LogP contribution in [0.4, 0.5) is 0 Å². The average molecular weight is 501 g/mol. The molecule has 2 nitrogen and oxygen atoms in total. The Labute approximate surface area is 226 Å². The quantitative estimate of drug-likeness (QED) is 0.330. The number of benzene rings is 3. The predicted molar refractivity (Wildman–Crippen MR) is 152 cm³/mol. The van der Waals surface area contributed by atoms with E-state index in [9.17, 15) is 4.79 Å². The Hall–Kier alpha value is -3.39. The molecule has 8 rings (SSSR count). The summed E-state index contributed by atoms with van der Waals surface area (Å²) in [5.41, 5.74) is 3.39. The summed E-state index contributed by atoms with van der Waals surface area (Å²) < 4.78 is 6.36. The molecule has 4 saturated carbocycles. The molecule has 0 spiro atoms. The van der Waals surface area contributed by atoms with Gasteiger partial charge in [-0.25, -0.2) is 0 Å². The van der Waals surface area contributed by atoms with Crippen LogP contribution in [0.5, 0.6) is 0 Å². The zero-order valence-electron chi connectivity index (χ0n) is 22.2. The van der Waals surface area contributed by atoms with Crippen molar-refractivity contribution in [1.29, 1.82) is 0 Å². The van der Waals surface area contributed by atoms with E-state index in [0.29, 0.717) is 5.92 Å². The molecular weight excluding hydrogens is 464 g/mol. The van der Waals surface area contributed by atoms with E-state index in [2.05, 4.69) is 104 Å². The minimum atomic E-state index is -0.526. The number of hydrogen-bond acceptors (Lipinski definition) is 2. The highest BCUT2D eigenvalue weighted by Gasteiger charge is 2.71. The van der Waals surface area contributed by atoms with Crippen LogP contribution in [0.3, 0.4) is 0 Å². The molecule has 4 fully saturated rings. The maximum atomic E-state index is 14.5. The number of allylic oxidation sites excluding steroid dienone is 4. The van der Waals surface area contributed by atoms with Crippen LogP contribution < -0.4 is 0 Å². The monoisotopic (exact) mass is 500 g/mol. The van der Waals surface area contributed by atoms with Crippen LogP contribution in [0.25, 0.3) is 0 Å². The first-order valence-electron chi connectivity index (χ1n) is 14.2. The summed E-state index contributed by atoms with van der Waals surface area (Å²) in [7, 11) is 0. The Bertz CT molecular complexity index is 1260. The lowest BCUT2D eigenvalue weighted by Crippen LogP contribution is -2.67. The lowest BCUT2D eigenvalue weighted by atomic mass is 9.33. The van der Waals surface area contributed by atoms with E-state index < -0.39 is 5.41 Å². The number of esters is 1. The van der Waals surface area contributed by atoms with Crippen molar-refractivity contribution < 1.29 is 9.53 Å². The maximum Gasteiger partial charge on any atom is 0.317 e. The summed E-state index contributed by atoms with van der Waals surface area (Å²) in [6.07, 6.45) is 12.8. The van der Waals surface area contributed by atoms with Crippen molar-refractivity contribution in [3.63, 3.8) is 0 Å². The Morgan fingerprint density at radius 3 is 1.47 bits per heavy atom. The molecule has 3 aromatic rings. The van der Waals surface area contributed by atoms with Gasteiger partial charge in [0.15, 0.2) is 0 Å². The van der Waals surface area contributed by atoms with Gasteiger partial charge in [0.1, 0.15) is 5.76 Å². The minimum Gasteiger partial charge on any atom is -0.431 e. The van der Waals surface area contributed by atoms with Crippen molar-refractivity contribution in [2.24, 2.45) is 11.3 Å². The highest BCUT2D eigenvalue weighted by molar-refractivity contribution is 5.80. The van der Waals surface area contributed by atoms with Crippen molar-refractivity contribution in [1.82, 2.24) is 0 Å². The van der Waals surface area contributed by atoms with Gasteiger partial charge in [0, 0.05) is 6.42 Å². The van der Waals surface area contributed by atoms with Crippen molar-refractivity contribution >= 4 is 5.97 Å². The second kappa shape index (κ2) is 8.56. The fourth-order valence-electron chi connectivity index (χ4n) is 9.26. The van der Waals surface area contributed by atoms with Crippen LogP contribution in [0.2, 0.25) is 0 Å². The average Bonchev–Trinajstić information content (AvgIpc) is 2.94. The summed E-state index contributed by atoms with van der Waals surface area (Å²) in [5, 5.41) is 0. The van der Waals surface area contributed by atoms with Gasteiger partial charge >= 0.3 is 5.97 Å².